The topological polar surface area (TPSA) is 91.9 Å². The van der Waals surface area contributed by atoms with Crippen LogP contribution >= 0.6 is 0 Å². The molecule has 7 nitrogen and oxygen atoms in total. The van der Waals surface area contributed by atoms with E-state index in [1.54, 1.807) is 12.3 Å². The van der Waals surface area contributed by atoms with Crippen molar-refractivity contribution in [2.24, 2.45) is 0 Å². The number of pyridine rings is 1. The molecule has 0 radical (unpaired) electrons. The maximum atomic E-state index is 11.8. The van der Waals surface area contributed by atoms with Gasteiger partial charge in [0.1, 0.15) is 11.4 Å². The van der Waals surface area contributed by atoms with Gasteiger partial charge in [-0.3, -0.25) is 4.90 Å². The third kappa shape index (κ3) is 3.17. The van der Waals surface area contributed by atoms with Crippen LogP contribution in [0.15, 0.2) is 12.3 Å². The third-order valence-electron chi connectivity index (χ3n) is 3.38. The predicted molar refractivity (Wildman–Crippen MR) is 75.7 cm³/mol. The van der Waals surface area contributed by atoms with E-state index in [-0.39, 0.29) is 6.61 Å². The lowest BCUT2D eigenvalue weighted by molar-refractivity contribution is 0.0601. The average Bonchev–Trinajstić information content (AvgIpc) is 2.47. The highest BCUT2D eigenvalue weighted by Gasteiger charge is 2.23. The Hall–Kier alpha value is -1.86. The number of hydrogen-bond donors (Lipinski definition) is 2. The normalized spacial score (nSPS) is 16.2. The second-order valence-electron chi connectivity index (χ2n) is 4.68. The van der Waals surface area contributed by atoms with Crippen LogP contribution in [0.5, 0.6) is 0 Å². The van der Waals surface area contributed by atoms with Crippen molar-refractivity contribution in [3.63, 3.8) is 0 Å². The molecule has 0 bridgehead atoms. The molecular weight excluding hydrogens is 260 g/mol. The fourth-order valence-electron chi connectivity index (χ4n) is 2.31. The zero-order valence-corrected chi connectivity index (χ0v) is 11.6. The van der Waals surface area contributed by atoms with Crippen molar-refractivity contribution in [2.75, 3.05) is 57.1 Å². The highest BCUT2D eigenvalue weighted by atomic mass is 16.5. The number of carbonyl (C=O) groups excluding carboxylic acids is 1. The van der Waals surface area contributed by atoms with E-state index in [1.165, 1.54) is 7.11 Å². The molecule has 1 aliphatic heterocycles. The summed E-state index contributed by atoms with van der Waals surface area (Å²) < 4.78 is 4.78. The number of carbonyl (C=O) groups is 1. The number of aliphatic hydroxyl groups is 1. The Kier molecular flexibility index (Phi) is 4.75. The summed E-state index contributed by atoms with van der Waals surface area (Å²) in [6.07, 6.45) is 1.54. The number of piperazine rings is 1. The van der Waals surface area contributed by atoms with Crippen LogP contribution in [0.25, 0.3) is 0 Å². The zero-order chi connectivity index (χ0) is 14.5. The molecule has 1 aromatic heterocycles. The molecule has 2 rings (SSSR count). The number of rotatable bonds is 4. The first-order chi connectivity index (χ1) is 9.65. The molecule has 1 fully saturated rings. The molecule has 0 aliphatic carbocycles. The van der Waals surface area contributed by atoms with Gasteiger partial charge in [-0.25, -0.2) is 9.78 Å². The predicted octanol–water partition coefficient (Wildman–Crippen LogP) is -0.435. The molecule has 110 valence electrons. The van der Waals surface area contributed by atoms with Gasteiger partial charge < -0.3 is 20.5 Å². The van der Waals surface area contributed by atoms with Crippen LogP contribution in [0, 0.1) is 0 Å². The van der Waals surface area contributed by atoms with E-state index in [0.29, 0.717) is 23.6 Å². The van der Waals surface area contributed by atoms with Crippen molar-refractivity contribution in [3.05, 3.63) is 17.8 Å². The lowest BCUT2D eigenvalue weighted by Gasteiger charge is -2.35. The van der Waals surface area contributed by atoms with Gasteiger partial charge in [-0.1, -0.05) is 0 Å². The van der Waals surface area contributed by atoms with Gasteiger partial charge in [-0.15, -0.1) is 0 Å². The Morgan fingerprint density at radius 1 is 1.45 bits per heavy atom. The summed E-state index contributed by atoms with van der Waals surface area (Å²) in [6.45, 7) is 3.99. The van der Waals surface area contributed by atoms with Gasteiger partial charge in [-0.05, 0) is 6.07 Å². The molecule has 3 N–H and O–H groups in total. The van der Waals surface area contributed by atoms with E-state index in [0.717, 1.165) is 26.2 Å². The molecule has 1 saturated heterocycles. The van der Waals surface area contributed by atoms with Crippen LogP contribution in [0.4, 0.5) is 11.5 Å². The number of aliphatic hydroxyl groups excluding tert-OH is 1. The van der Waals surface area contributed by atoms with Crippen molar-refractivity contribution in [1.82, 2.24) is 9.88 Å². The number of β-amino-alcohol motifs (C(OH)–C–C–N with tert-alkyl or cyclic N) is 1. The molecule has 0 aromatic carbocycles. The summed E-state index contributed by atoms with van der Waals surface area (Å²) in [5, 5.41) is 8.94. The molecule has 0 amide bonds. The number of nitrogens with two attached hydrogens (primary N) is 1. The number of aromatic nitrogens is 1. The van der Waals surface area contributed by atoms with E-state index in [9.17, 15) is 4.79 Å². The first-order valence-electron chi connectivity index (χ1n) is 6.57. The van der Waals surface area contributed by atoms with Gasteiger partial charge in [-0.2, -0.15) is 0 Å². The van der Waals surface area contributed by atoms with Crippen molar-refractivity contribution < 1.29 is 14.6 Å². The van der Waals surface area contributed by atoms with E-state index in [4.69, 9.17) is 15.6 Å². The van der Waals surface area contributed by atoms with E-state index in [1.807, 2.05) is 4.90 Å². The monoisotopic (exact) mass is 280 g/mol. The maximum absolute atomic E-state index is 11.8. The maximum Gasteiger partial charge on any atom is 0.341 e. The fraction of sp³-hybridized carbons (Fsp3) is 0.538. The first kappa shape index (κ1) is 14.5. The summed E-state index contributed by atoms with van der Waals surface area (Å²) in [5.41, 5.74) is 6.52. The van der Waals surface area contributed by atoms with E-state index >= 15 is 0 Å². The molecule has 0 saturated carbocycles. The second kappa shape index (κ2) is 6.53. The molecule has 0 spiro atoms. The number of nitrogens with zero attached hydrogens (tertiary/aromatic N) is 3. The van der Waals surface area contributed by atoms with Crippen LogP contribution in [-0.4, -0.2) is 67.4 Å². The number of esters is 1. The van der Waals surface area contributed by atoms with Gasteiger partial charge in [0.05, 0.1) is 25.6 Å². The molecule has 0 unspecified atom stereocenters. The smallest absolute Gasteiger partial charge is 0.341 e. The Labute approximate surface area is 117 Å². The van der Waals surface area contributed by atoms with Crippen molar-refractivity contribution in [1.29, 1.82) is 0 Å². The second-order valence-corrected chi connectivity index (χ2v) is 4.68. The minimum Gasteiger partial charge on any atom is -0.465 e. The lowest BCUT2D eigenvalue weighted by atomic mass is 10.2. The van der Waals surface area contributed by atoms with Crippen LogP contribution in [0.3, 0.4) is 0 Å². The molecule has 20 heavy (non-hydrogen) atoms. The van der Waals surface area contributed by atoms with Crippen LogP contribution in [-0.2, 0) is 4.74 Å². The van der Waals surface area contributed by atoms with Crippen molar-refractivity contribution >= 4 is 17.5 Å². The van der Waals surface area contributed by atoms with Crippen LogP contribution in [0.1, 0.15) is 10.4 Å². The Morgan fingerprint density at radius 2 is 2.15 bits per heavy atom. The minimum atomic E-state index is -0.433. The Balaban J connectivity index is 2.15. The number of methoxy groups -OCH3 is 1. The quantitative estimate of drug-likeness (QED) is 0.723. The standard InChI is InChI=1S/C13H20N4O3/c1-20-13(19)11-8-10(14)9-15-12(11)17-4-2-16(3-5-17)6-7-18/h8-9,18H,2-7,14H2,1H3. The first-order valence-corrected chi connectivity index (χ1v) is 6.57. The zero-order valence-electron chi connectivity index (χ0n) is 11.6. The molecular formula is C13H20N4O3. The summed E-state index contributed by atoms with van der Waals surface area (Å²) in [5.74, 6) is 0.173. The van der Waals surface area contributed by atoms with Gasteiger partial charge >= 0.3 is 5.97 Å². The number of hydrogen-bond acceptors (Lipinski definition) is 7. The van der Waals surface area contributed by atoms with Crippen molar-refractivity contribution in [2.45, 2.75) is 0 Å². The highest BCUT2D eigenvalue weighted by molar-refractivity contribution is 5.95. The third-order valence-corrected chi connectivity index (χ3v) is 3.38. The molecule has 1 aliphatic rings. The Bertz CT molecular complexity index is 473. The molecule has 2 heterocycles. The number of nitrogen functional groups attached to an aromatic ring is 1. The fourth-order valence-corrected chi connectivity index (χ4v) is 2.31. The van der Waals surface area contributed by atoms with E-state index < -0.39 is 5.97 Å². The van der Waals surface area contributed by atoms with Gasteiger partial charge in [0.15, 0.2) is 0 Å². The van der Waals surface area contributed by atoms with Gasteiger partial charge in [0.2, 0.25) is 0 Å². The minimum absolute atomic E-state index is 0.160. The lowest BCUT2D eigenvalue weighted by Crippen LogP contribution is -2.47. The largest absolute Gasteiger partial charge is 0.465 e. The van der Waals surface area contributed by atoms with Crippen LogP contribution in [0.2, 0.25) is 0 Å². The SMILES string of the molecule is COC(=O)c1cc(N)cnc1N1CCN(CCO)CC1. The highest BCUT2D eigenvalue weighted by Crippen LogP contribution is 2.22. The van der Waals surface area contributed by atoms with Gasteiger partial charge in [0, 0.05) is 32.7 Å². The molecule has 7 heteroatoms. The number of ether oxygens (including phenoxy) is 1. The average molecular weight is 280 g/mol. The van der Waals surface area contributed by atoms with E-state index in [2.05, 4.69) is 9.88 Å². The Morgan fingerprint density at radius 3 is 2.75 bits per heavy atom. The van der Waals surface area contributed by atoms with Crippen molar-refractivity contribution in [3.8, 4) is 0 Å². The molecule has 1 aromatic rings. The molecule has 0 atom stereocenters. The summed E-state index contributed by atoms with van der Waals surface area (Å²) >= 11 is 0. The van der Waals surface area contributed by atoms with Crippen LogP contribution < -0.4 is 10.6 Å². The number of anilines is 2. The summed E-state index contributed by atoms with van der Waals surface area (Å²) in [7, 11) is 1.34. The summed E-state index contributed by atoms with van der Waals surface area (Å²) in [4.78, 5) is 20.3. The van der Waals surface area contributed by atoms with Gasteiger partial charge in [0.25, 0.3) is 0 Å². The summed E-state index contributed by atoms with van der Waals surface area (Å²) in [6, 6.07) is 1.59.